The second-order valence-electron chi connectivity index (χ2n) is 9.31. The zero-order valence-corrected chi connectivity index (χ0v) is 21.3. The number of pyridine rings is 3. The van der Waals surface area contributed by atoms with Crippen molar-refractivity contribution in [3.63, 3.8) is 0 Å². The van der Waals surface area contributed by atoms with E-state index in [0.717, 1.165) is 6.07 Å². The Morgan fingerprint density at radius 3 is 2.58 bits per heavy atom. The van der Waals surface area contributed by atoms with Crippen molar-refractivity contribution in [2.75, 3.05) is 45.0 Å². The van der Waals surface area contributed by atoms with Gasteiger partial charge in [0.25, 0.3) is 0 Å². The van der Waals surface area contributed by atoms with Crippen LogP contribution in [0.4, 0.5) is 20.2 Å². The minimum Gasteiger partial charge on any atom is -0.477 e. The molecule has 38 heavy (non-hydrogen) atoms. The molecule has 0 radical (unpaired) electrons. The van der Waals surface area contributed by atoms with E-state index in [4.69, 9.17) is 0 Å². The van der Waals surface area contributed by atoms with Gasteiger partial charge in [-0.1, -0.05) is 0 Å². The summed E-state index contributed by atoms with van der Waals surface area (Å²) in [6, 6.07) is 2.73. The van der Waals surface area contributed by atoms with Gasteiger partial charge in [0.1, 0.15) is 11.2 Å². The minimum atomic E-state index is -1.33. The van der Waals surface area contributed by atoms with Gasteiger partial charge in [-0.15, -0.1) is 0 Å². The summed E-state index contributed by atoms with van der Waals surface area (Å²) in [7, 11) is 6.99. The molecule has 1 aliphatic carbocycles. The van der Waals surface area contributed by atoms with Gasteiger partial charge in [-0.3, -0.25) is 9.78 Å². The first-order chi connectivity index (χ1) is 18.2. The molecular weight excluding hydrogens is 494 g/mol. The van der Waals surface area contributed by atoms with E-state index in [2.05, 4.69) is 20.6 Å². The Morgan fingerprint density at radius 1 is 1.16 bits per heavy atom. The fourth-order valence-electron chi connectivity index (χ4n) is 5.09. The van der Waals surface area contributed by atoms with Gasteiger partial charge >= 0.3 is 5.97 Å². The molecule has 5 rings (SSSR count). The van der Waals surface area contributed by atoms with Crippen LogP contribution < -0.4 is 21.0 Å². The van der Waals surface area contributed by atoms with E-state index in [1.54, 1.807) is 56.1 Å². The Labute approximate surface area is 216 Å². The first kappa shape index (κ1) is 25.3. The molecule has 9 nitrogen and oxygen atoms in total. The van der Waals surface area contributed by atoms with E-state index in [0.29, 0.717) is 64.5 Å². The molecule has 0 unspecified atom stereocenters. The third-order valence-electron chi connectivity index (χ3n) is 6.82. The van der Waals surface area contributed by atoms with Crippen LogP contribution in [0.15, 0.2) is 35.5 Å². The summed E-state index contributed by atoms with van der Waals surface area (Å²) in [6.07, 6.45) is 4.82. The number of likely N-dealkylation sites (N-methyl/N-ethyl adjacent to an activating group) is 1. The molecule has 0 amide bonds. The fraction of sp³-hybridized carbons (Fsp3) is 0.259. The van der Waals surface area contributed by atoms with Crippen LogP contribution in [-0.4, -0.2) is 60.3 Å². The summed E-state index contributed by atoms with van der Waals surface area (Å²) in [5.74, 6) is -3.25. The van der Waals surface area contributed by atoms with Crippen molar-refractivity contribution in [3.8, 4) is 22.3 Å². The van der Waals surface area contributed by atoms with Crippen molar-refractivity contribution in [2.24, 2.45) is 0 Å². The third-order valence-corrected chi connectivity index (χ3v) is 6.82. The van der Waals surface area contributed by atoms with E-state index < -0.39 is 23.0 Å². The van der Waals surface area contributed by atoms with Gasteiger partial charge in [0.15, 0.2) is 11.6 Å². The Kier molecular flexibility index (Phi) is 6.31. The molecule has 0 fully saturated rings. The molecule has 0 aliphatic heterocycles. The molecule has 0 bridgehead atoms. The average molecular weight is 521 g/mol. The summed E-state index contributed by atoms with van der Waals surface area (Å²) >= 11 is 0. The number of hydrogen-bond acceptors (Lipinski definition) is 7. The molecule has 0 saturated carbocycles. The number of carboxylic acid groups (broad SMARTS) is 1. The van der Waals surface area contributed by atoms with Crippen molar-refractivity contribution in [1.82, 2.24) is 19.9 Å². The van der Waals surface area contributed by atoms with Crippen LogP contribution in [0.3, 0.4) is 0 Å². The van der Waals surface area contributed by atoms with Crippen LogP contribution in [0.5, 0.6) is 0 Å². The molecule has 3 aromatic heterocycles. The number of nitrogens with one attached hydrogen (secondary N) is 2. The standard InChI is InChI=1S/C27H26F2N6O3/c1-30-5-6-35-12-17(27(37)38)25(36)15-7-13(10-33-26(15)35)16-11-32-20-8-14-19(31-2)9-18(28)23(29)21(14)22(20)24(16)34(3)4/h7,9-12,30-31H,5-6,8H2,1-4H3,(H,37,38). The highest BCUT2D eigenvalue weighted by atomic mass is 19.2. The highest BCUT2D eigenvalue weighted by Crippen LogP contribution is 2.49. The van der Waals surface area contributed by atoms with Crippen LogP contribution in [-0.2, 0) is 13.0 Å². The zero-order chi connectivity index (χ0) is 27.3. The Bertz CT molecular complexity index is 1680. The van der Waals surface area contributed by atoms with Crippen molar-refractivity contribution in [2.45, 2.75) is 13.0 Å². The maximum atomic E-state index is 15.2. The quantitative estimate of drug-likeness (QED) is 0.300. The van der Waals surface area contributed by atoms with Crippen LogP contribution in [0.1, 0.15) is 21.6 Å². The summed E-state index contributed by atoms with van der Waals surface area (Å²) in [4.78, 5) is 35.8. The van der Waals surface area contributed by atoms with Crippen molar-refractivity contribution in [1.29, 1.82) is 0 Å². The Morgan fingerprint density at radius 2 is 1.92 bits per heavy atom. The van der Waals surface area contributed by atoms with E-state index in [-0.39, 0.29) is 16.5 Å². The number of benzene rings is 1. The number of carbonyl (C=O) groups is 1. The SMILES string of the molecule is CNCCn1cc(C(=O)O)c(=O)c2cc(-c3cnc4c(c3N(C)C)-c3c(F)c(F)cc(NC)c3C4)cnc21. The van der Waals surface area contributed by atoms with Crippen molar-refractivity contribution in [3.05, 3.63) is 69.4 Å². The Hall–Kier alpha value is -4.38. The number of carboxylic acids is 1. The maximum Gasteiger partial charge on any atom is 0.341 e. The number of aromatic nitrogens is 3. The van der Waals surface area contributed by atoms with Crippen LogP contribution in [0.2, 0.25) is 0 Å². The number of halogens is 2. The Balaban J connectivity index is 1.79. The average Bonchev–Trinajstić information content (AvgIpc) is 3.29. The second-order valence-corrected chi connectivity index (χ2v) is 9.31. The van der Waals surface area contributed by atoms with Crippen LogP contribution in [0.25, 0.3) is 33.3 Å². The molecule has 1 aliphatic rings. The molecule has 0 atom stereocenters. The molecule has 196 valence electrons. The number of hydrogen-bond donors (Lipinski definition) is 3. The topological polar surface area (TPSA) is 112 Å². The van der Waals surface area contributed by atoms with E-state index in [1.807, 2.05) is 0 Å². The highest BCUT2D eigenvalue weighted by molar-refractivity contribution is 5.98. The molecule has 4 aromatic rings. The van der Waals surface area contributed by atoms with Gasteiger partial charge in [-0.25, -0.2) is 18.6 Å². The lowest BCUT2D eigenvalue weighted by Gasteiger charge is -2.22. The minimum absolute atomic E-state index is 0.138. The zero-order valence-electron chi connectivity index (χ0n) is 21.3. The van der Waals surface area contributed by atoms with Crippen molar-refractivity contribution >= 4 is 28.4 Å². The predicted molar refractivity (Wildman–Crippen MR) is 142 cm³/mol. The van der Waals surface area contributed by atoms with Crippen LogP contribution in [0, 0.1) is 11.6 Å². The molecular formula is C27H26F2N6O3. The molecule has 3 heterocycles. The van der Waals surface area contributed by atoms with Gasteiger partial charge in [0, 0.05) is 93.3 Å². The van der Waals surface area contributed by atoms with E-state index >= 15 is 4.39 Å². The predicted octanol–water partition coefficient (Wildman–Crippen LogP) is 3.33. The largest absolute Gasteiger partial charge is 0.477 e. The second kappa shape index (κ2) is 9.49. The van der Waals surface area contributed by atoms with Crippen molar-refractivity contribution < 1.29 is 18.7 Å². The summed E-state index contributed by atoms with van der Waals surface area (Å²) in [6.45, 7) is 0.939. The monoisotopic (exact) mass is 520 g/mol. The van der Waals surface area contributed by atoms with Gasteiger partial charge < -0.3 is 25.2 Å². The maximum absolute atomic E-state index is 15.2. The lowest BCUT2D eigenvalue weighted by Crippen LogP contribution is -2.22. The highest BCUT2D eigenvalue weighted by Gasteiger charge is 2.32. The van der Waals surface area contributed by atoms with E-state index in [1.165, 1.54) is 6.20 Å². The van der Waals surface area contributed by atoms with Crippen LogP contribution >= 0.6 is 0 Å². The molecule has 11 heteroatoms. The molecule has 0 saturated heterocycles. The van der Waals surface area contributed by atoms with Gasteiger partial charge in [0.2, 0.25) is 5.43 Å². The summed E-state index contributed by atoms with van der Waals surface area (Å²) in [5.41, 5.74) is 3.29. The number of fused-ring (bicyclic) bond motifs is 4. The van der Waals surface area contributed by atoms with Gasteiger partial charge in [-0.2, -0.15) is 0 Å². The summed E-state index contributed by atoms with van der Waals surface area (Å²) < 4.78 is 31.4. The smallest absolute Gasteiger partial charge is 0.341 e. The molecule has 1 aromatic carbocycles. The number of aromatic carboxylic acids is 1. The lowest BCUT2D eigenvalue weighted by molar-refractivity contribution is 0.0694. The first-order valence-corrected chi connectivity index (χ1v) is 12.0. The third kappa shape index (κ3) is 3.86. The van der Waals surface area contributed by atoms with Gasteiger partial charge in [-0.05, 0) is 18.7 Å². The fourth-order valence-corrected chi connectivity index (χ4v) is 5.09. The van der Waals surface area contributed by atoms with Gasteiger partial charge in [0.05, 0.1) is 16.8 Å². The lowest BCUT2D eigenvalue weighted by atomic mass is 9.97. The molecule has 3 N–H and O–H groups in total. The first-order valence-electron chi connectivity index (χ1n) is 12.0. The number of rotatable bonds is 7. The number of anilines is 2. The molecule has 0 spiro atoms. The summed E-state index contributed by atoms with van der Waals surface area (Å²) in [5, 5.41) is 15.7. The number of nitrogens with zero attached hydrogens (tertiary/aromatic N) is 4. The van der Waals surface area contributed by atoms with E-state index in [9.17, 15) is 19.1 Å². The normalized spacial score (nSPS) is 11.9.